The monoisotopic (exact) mass is 349 g/mol. The van der Waals surface area contributed by atoms with Crippen LogP contribution in [-0.2, 0) is 11.3 Å². The van der Waals surface area contributed by atoms with Gasteiger partial charge in [0.25, 0.3) is 0 Å². The molecule has 134 valence electrons. The Morgan fingerprint density at radius 1 is 0.962 bits per heavy atom. The number of amides is 1. The molecule has 5 heteroatoms. The van der Waals surface area contributed by atoms with Crippen LogP contribution in [0.25, 0.3) is 11.1 Å². The lowest BCUT2D eigenvalue weighted by molar-refractivity contribution is -0.121. The number of hydroxylamine groups is 2. The minimum Gasteiger partial charge on any atom is -0.350 e. The van der Waals surface area contributed by atoms with E-state index in [2.05, 4.69) is 46.6 Å². The molecule has 0 radical (unpaired) electrons. The second-order valence-corrected chi connectivity index (χ2v) is 7.42. The van der Waals surface area contributed by atoms with Crippen molar-refractivity contribution in [3.63, 3.8) is 0 Å². The van der Waals surface area contributed by atoms with Crippen molar-refractivity contribution in [2.75, 3.05) is 31.5 Å². The molecule has 1 N–H and O–H groups in total. The van der Waals surface area contributed by atoms with Crippen molar-refractivity contribution in [1.29, 1.82) is 0 Å². The minimum atomic E-state index is -0.388. The van der Waals surface area contributed by atoms with Crippen molar-refractivity contribution in [1.82, 2.24) is 9.96 Å². The van der Waals surface area contributed by atoms with E-state index in [0.29, 0.717) is 6.04 Å². The predicted molar refractivity (Wildman–Crippen MR) is 101 cm³/mol. The first-order valence-corrected chi connectivity index (χ1v) is 9.45. The van der Waals surface area contributed by atoms with Crippen molar-refractivity contribution in [3.05, 3.63) is 53.6 Å². The average molecular weight is 349 g/mol. The van der Waals surface area contributed by atoms with Gasteiger partial charge < -0.3 is 9.74 Å². The van der Waals surface area contributed by atoms with Crippen molar-refractivity contribution in [2.24, 2.45) is 0 Å². The van der Waals surface area contributed by atoms with Gasteiger partial charge in [0.1, 0.15) is 0 Å². The van der Waals surface area contributed by atoms with Crippen molar-refractivity contribution >= 4 is 11.8 Å². The van der Waals surface area contributed by atoms with E-state index in [1.807, 2.05) is 11.1 Å². The summed E-state index contributed by atoms with van der Waals surface area (Å²) >= 11 is 0. The number of anilines is 1. The predicted octanol–water partition coefficient (Wildman–Crippen LogP) is 3.50. The van der Waals surface area contributed by atoms with Gasteiger partial charge in [-0.25, -0.2) is 4.79 Å². The number of carbonyl (C=O) groups excluding carboxylic acids is 1. The maximum absolute atomic E-state index is 12.4. The quantitative estimate of drug-likeness (QED) is 0.769. The molecule has 0 aromatic heterocycles. The third-order valence-electron chi connectivity index (χ3n) is 5.84. The molecule has 3 heterocycles. The number of carbonyl (C=O) groups is 1. The highest BCUT2D eigenvalue weighted by Crippen LogP contribution is 2.37. The molecule has 1 aliphatic carbocycles. The maximum atomic E-state index is 12.4. The average Bonchev–Trinajstić information content (AvgIpc) is 2.79. The fraction of sp³-hybridized carbons (Fsp3) is 0.381. The first kappa shape index (κ1) is 15.9. The highest BCUT2D eigenvalue weighted by Gasteiger charge is 2.31. The SMILES string of the molecule is O=C(Nc1ccc2c(c1)Cc1ccccc1-2)ON1CCN2CCC1CC2. The summed E-state index contributed by atoms with van der Waals surface area (Å²) in [6.07, 6.45) is 2.68. The lowest BCUT2D eigenvalue weighted by Gasteiger charge is -2.29. The Morgan fingerprint density at radius 2 is 1.77 bits per heavy atom. The summed E-state index contributed by atoms with van der Waals surface area (Å²) in [5, 5.41) is 4.79. The molecule has 2 aromatic carbocycles. The van der Waals surface area contributed by atoms with Crippen molar-refractivity contribution in [3.8, 4) is 11.1 Å². The zero-order valence-corrected chi connectivity index (χ0v) is 14.8. The number of benzene rings is 2. The van der Waals surface area contributed by atoms with Crippen LogP contribution in [0.5, 0.6) is 0 Å². The van der Waals surface area contributed by atoms with Crippen LogP contribution >= 0.6 is 0 Å². The number of piperidine rings is 1. The summed E-state index contributed by atoms with van der Waals surface area (Å²) in [6.45, 7) is 3.98. The largest absolute Gasteiger partial charge is 0.430 e. The fourth-order valence-corrected chi connectivity index (χ4v) is 4.44. The summed E-state index contributed by atoms with van der Waals surface area (Å²) in [4.78, 5) is 20.5. The maximum Gasteiger partial charge on any atom is 0.430 e. The normalized spacial score (nSPS) is 23.8. The molecule has 5 nitrogen and oxygen atoms in total. The standard InChI is InChI=1S/C21H23N3O2/c25-21(26-24-12-11-23-9-7-18(24)8-10-23)22-17-5-6-20-16(14-17)13-15-3-1-2-4-19(15)20/h1-6,14,18H,7-13H2,(H,22,25). The summed E-state index contributed by atoms with van der Waals surface area (Å²) in [7, 11) is 0. The van der Waals surface area contributed by atoms with E-state index < -0.39 is 0 Å². The first-order chi connectivity index (χ1) is 12.8. The topological polar surface area (TPSA) is 44.8 Å². The molecule has 3 aliphatic heterocycles. The molecule has 4 aliphatic rings. The zero-order chi connectivity index (χ0) is 17.5. The lowest BCUT2D eigenvalue weighted by Crippen LogP contribution is -2.40. The van der Waals surface area contributed by atoms with Crippen LogP contribution in [0, 0.1) is 0 Å². The minimum absolute atomic E-state index is 0.356. The molecule has 0 saturated carbocycles. The first-order valence-electron chi connectivity index (χ1n) is 9.45. The molecule has 1 amide bonds. The number of rotatable bonds is 2. The number of nitrogens with one attached hydrogen (secondary N) is 1. The van der Waals surface area contributed by atoms with E-state index in [0.717, 1.165) is 51.1 Å². The number of fused-ring (bicyclic) bond motifs is 7. The molecular formula is C21H23N3O2. The molecule has 0 spiro atoms. The van der Waals surface area contributed by atoms with Crippen LogP contribution in [0.1, 0.15) is 24.0 Å². The van der Waals surface area contributed by atoms with E-state index in [1.165, 1.54) is 22.3 Å². The number of hydrogen-bond donors (Lipinski definition) is 1. The summed E-state index contributed by atoms with van der Waals surface area (Å²) in [5.41, 5.74) is 5.96. The molecule has 2 aromatic rings. The van der Waals surface area contributed by atoms with Gasteiger partial charge in [0.15, 0.2) is 0 Å². The van der Waals surface area contributed by atoms with Gasteiger partial charge in [0.2, 0.25) is 0 Å². The van der Waals surface area contributed by atoms with Crippen molar-refractivity contribution in [2.45, 2.75) is 25.3 Å². The van der Waals surface area contributed by atoms with E-state index in [-0.39, 0.29) is 6.09 Å². The van der Waals surface area contributed by atoms with Gasteiger partial charge in [-0.2, -0.15) is 0 Å². The molecule has 3 saturated heterocycles. The molecule has 0 atom stereocenters. The van der Waals surface area contributed by atoms with Crippen LogP contribution in [0.2, 0.25) is 0 Å². The molecular weight excluding hydrogens is 326 g/mol. The lowest BCUT2D eigenvalue weighted by atomic mass is 10.1. The smallest absolute Gasteiger partial charge is 0.350 e. The van der Waals surface area contributed by atoms with Crippen LogP contribution in [0.15, 0.2) is 42.5 Å². The molecule has 2 bridgehead atoms. The van der Waals surface area contributed by atoms with E-state index in [1.54, 1.807) is 0 Å². The molecule has 3 fully saturated rings. The number of nitrogens with zero attached hydrogens (tertiary/aromatic N) is 2. The Hall–Kier alpha value is -2.37. The Labute approximate surface area is 153 Å². The van der Waals surface area contributed by atoms with Crippen LogP contribution in [-0.4, -0.2) is 48.3 Å². The Kier molecular flexibility index (Phi) is 3.91. The summed E-state index contributed by atoms with van der Waals surface area (Å²) in [6, 6.07) is 15.0. The van der Waals surface area contributed by atoms with Crippen LogP contribution in [0.3, 0.4) is 0 Å². The highest BCUT2D eigenvalue weighted by atomic mass is 16.7. The van der Waals surface area contributed by atoms with E-state index in [4.69, 9.17) is 4.84 Å². The van der Waals surface area contributed by atoms with Crippen LogP contribution in [0.4, 0.5) is 10.5 Å². The van der Waals surface area contributed by atoms with Gasteiger partial charge in [-0.3, -0.25) is 5.32 Å². The number of hydrogen-bond acceptors (Lipinski definition) is 4. The highest BCUT2D eigenvalue weighted by molar-refractivity contribution is 5.86. The van der Waals surface area contributed by atoms with E-state index >= 15 is 0 Å². The molecule has 6 rings (SSSR count). The third-order valence-corrected chi connectivity index (χ3v) is 5.84. The van der Waals surface area contributed by atoms with Gasteiger partial charge in [-0.15, -0.1) is 5.06 Å². The van der Waals surface area contributed by atoms with E-state index in [9.17, 15) is 4.79 Å². The molecule has 26 heavy (non-hydrogen) atoms. The van der Waals surface area contributed by atoms with Gasteiger partial charge >= 0.3 is 6.09 Å². The Bertz CT molecular complexity index is 843. The second kappa shape index (κ2) is 6.41. The third kappa shape index (κ3) is 2.87. The second-order valence-electron chi connectivity index (χ2n) is 7.42. The fourth-order valence-electron chi connectivity index (χ4n) is 4.44. The van der Waals surface area contributed by atoms with Gasteiger partial charge in [-0.1, -0.05) is 30.3 Å². The van der Waals surface area contributed by atoms with Gasteiger partial charge in [0, 0.05) is 24.8 Å². The molecule has 0 unspecified atom stereocenters. The Balaban J connectivity index is 1.27. The van der Waals surface area contributed by atoms with Crippen molar-refractivity contribution < 1.29 is 9.63 Å². The zero-order valence-electron chi connectivity index (χ0n) is 14.8. The van der Waals surface area contributed by atoms with Gasteiger partial charge in [0.05, 0.1) is 0 Å². The Morgan fingerprint density at radius 3 is 2.65 bits per heavy atom. The summed E-state index contributed by atoms with van der Waals surface area (Å²) in [5.74, 6) is 0. The van der Waals surface area contributed by atoms with Crippen LogP contribution < -0.4 is 5.32 Å². The summed E-state index contributed by atoms with van der Waals surface area (Å²) < 4.78 is 0. The van der Waals surface area contributed by atoms with Gasteiger partial charge in [-0.05, 0) is 66.7 Å².